The first-order chi connectivity index (χ1) is 11.9. The lowest BCUT2D eigenvalue weighted by molar-refractivity contribution is -0.171. The van der Waals surface area contributed by atoms with Crippen LogP contribution in [0.2, 0.25) is 0 Å². The minimum absolute atomic E-state index is 0.0394. The summed E-state index contributed by atoms with van der Waals surface area (Å²) in [5.41, 5.74) is -0.659. The highest BCUT2D eigenvalue weighted by Crippen LogP contribution is 2.34. The van der Waals surface area contributed by atoms with Crippen LogP contribution in [0.5, 0.6) is 0 Å². The molecule has 2 fully saturated rings. The van der Waals surface area contributed by atoms with Gasteiger partial charge in [0.1, 0.15) is 12.7 Å². The third-order valence-corrected chi connectivity index (χ3v) is 5.55. The van der Waals surface area contributed by atoms with E-state index in [0.717, 1.165) is 25.1 Å². The van der Waals surface area contributed by atoms with Gasteiger partial charge in [0.15, 0.2) is 5.60 Å². The number of ether oxygens (including phenoxy) is 2. The number of esters is 2. The minimum Gasteiger partial charge on any atom is -0.459 e. The second-order valence-electron chi connectivity index (χ2n) is 7.07. The Kier molecular flexibility index (Phi) is 4.99. The molecular weight excluding hydrogens is 326 g/mol. The van der Waals surface area contributed by atoms with E-state index in [2.05, 4.69) is 4.90 Å². The van der Waals surface area contributed by atoms with E-state index in [1.54, 1.807) is 13.0 Å². The quantitative estimate of drug-likeness (QED) is 0.395. The molecule has 0 radical (unpaired) electrons. The molecule has 4 atom stereocenters. The number of hydrogen-bond donors (Lipinski definition) is 2. The number of carbonyl (C=O) groups excluding carboxylic acids is 2. The summed E-state index contributed by atoms with van der Waals surface area (Å²) >= 11 is 0. The Hall–Kier alpha value is -1.70. The normalized spacial score (nSPS) is 38.5. The van der Waals surface area contributed by atoms with Gasteiger partial charge in [-0.1, -0.05) is 12.2 Å². The van der Waals surface area contributed by atoms with E-state index >= 15 is 0 Å². The SMILES string of the molecule is C/C=C1/C[C@@H](CO)[C@](C)(O)C(=O)OCC2=CCN3CC[C@@H](OC1=O)[C@H]23. The molecule has 7 nitrogen and oxygen atoms in total. The number of aliphatic hydroxyl groups is 2. The summed E-state index contributed by atoms with van der Waals surface area (Å²) in [6.45, 7) is 4.17. The van der Waals surface area contributed by atoms with Crippen LogP contribution >= 0.6 is 0 Å². The minimum atomic E-state index is -1.89. The maximum atomic E-state index is 12.6. The zero-order valence-corrected chi connectivity index (χ0v) is 14.6. The summed E-state index contributed by atoms with van der Waals surface area (Å²) in [4.78, 5) is 27.2. The first-order valence-corrected chi connectivity index (χ1v) is 8.68. The van der Waals surface area contributed by atoms with Crippen LogP contribution < -0.4 is 0 Å². The highest BCUT2D eigenvalue weighted by Gasteiger charge is 2.46. The Morgan fingerprint density at radius 1 is 1.44 bits per heavy atom. The van der Waals surface area contributed by atoms with Crippen molar-refractivity contribution in [2.45, 2.75) is 44.4 Å². The van der Waals surface area contributed by atoms with Crippen LogP contribution in [0.4, 0.5) is 0 Å². The Bertz CT molecular complexity index is 623. The zero-order chi connectivity index (χ0) is 18.2. The first kappa shape index (κ1) is 18.1. The molecule has 3 aliphatic heterocycles. The van der Waals surface area contributed by atoms with Gasteiger partial charge in [-0.2, -0.15) is 0 Å². The molecule has 0 amide bonds. The highest BCUT2D eigenvalue weighted by atomic mass is 16.6. The fourth-order valence-electron chi connectivity index (χ4n) is 3.83. The van der Waals surface area contributed by atoms with E-state index < -0.39 is 30.1 Å². The van der Waals surface area contributed by atoms with Crippen molar-refractivity contribution in [2.75, 3.05) is 26.3 Å². The van der Waals surface area contributed by atoms with Crippen molar-refractivity contribution in [1.29, 1.82) is 0 Å². The predicted octanol–water partition coefficient (Wildman–Crippen LogP) is 0.165. The van der Waals surface area contributed by atoms with Gasteiger partial charge in [0.2, 0.25) is 0 Å². The summed E-state index contributed by atoms with van der Waals surface area (Å²) < 4.78 is 11.1. The summed E-state index contributed by atoms with van der Waals surface area (Å²) in [5.74, 6) is -2.10. The summed E-state index contributed by atoms with van der Waals surface area (Å²) in [6, 6.07) is -0.0760. The smallest absolute Gasteiger partial charge is 0.338 e. The third-order valence-electron chi connectivity index (χ3n) is 5.55. The number of aliphatic hydroxyl groups excluding tert-OH is 1. The van der Waals surface area contributed by atoms with Gasteiger partial charge in [0, 0.05) is 31.2 Å². The third kappa shape index (κ3) is 3.23. The van der Waals surface area contributed by atoms with Crippen molar-refractivity contribution in [3.63, 3.8) is 0 Å². The van der Waals surface area contributed by atoms with Crippen molar-refractivity contribution in [3.05, 3.63) is 23.3 Å². The van der Waals surface area contributed by atoms with Gasteiger partial charge in [-0.05, 0) is 32.3 Å². The van der Waals surface area contributed by atoms with Gasteiger partial charge in [0.05, 0.1) is 6.04 Å². The second kappa shape index (κ2) is 6.90. The van der Waals surface area contributed by atoms with Crippen LogP contribution in [0, 0.1) is 5.92 Å². The topological polar surface area (TPSA) is 96.3 Å². The first-order valence-electron chi connectivity index (χ1n) is 8.68. The molecule has 0 saturated carbocycles. The van der Waals surface area contributed by atoms with E-state index in [1.807, 2.05) is 6.08 Å². The molecule has 0 unspecified atom stereocenters. The van der Waals surface area contributed by atoms with Gasteiger partial charge in [0.25, 0.3) is 0 Å². The molecular formula is C18H25NO6. The van der Waals surface area contributed by atoms with Gasteiger partial charge in [-0.3, -0.25) is 4.90 Å². The maximum absolute atomic E-state index is 12.6. The Morgan fingerprint density at radius 3 is 2.88 bits per heavy atom. The molecule has 0 spiro atoms. The van der Waals surface area contributed by atoms with Gasteiger partial charge >= 0.3 is 11.9 Å². The average Bonchev–Trinajstić information content (AvgIpc) is 3.15. The average molecular weight is 351 g/mol. The molecule has 138 valence electrons. The van der Waals surface area contributed by atoms with Crippen LogP contribution in [-0.4, -0.2) is 71.1 Å². The molecule has 0 aliphatic carbocycles. The number of nitrogens with zero attached hydrogens (tertiary/aromatic N) is 1. The molecule has 0 aromatic carbocycles. The molecule has 2 saturated heterocycles. The van der Waals surface area contributed by atoms with Gasteiger partial charge < -0.3 is 19.7 Å². The highest BCUT2D eigenvalue weighted by molar-refractivity contribution is 5.89. The van der Waals surface area contributed by atoms with Crippen LogP contribution in [0.15, 0.2) is 23.3 Å². The molecule has 3 heterocycles. The number of hydrogen-bond acceptors (Lipinski definition) is 7. The Morgan fingerprint density at radius 2 is 2.20 bits per heavy atom. The van der Waals surface area contributed by atoms with E-state index in [9.17, 15) is 19.8 Å². The van der Waals surface area contributed by atoms with Gasteiger partial charge in [-0.15, -0.1) is 0 Å². The summed E-state index contributed by atoms with van der Waals surface area (Å²) in [6.07, 6.45) is 4.09. The summed E-state index contributed by atoms with van der Waals surface area (Å²) in [5, 5.41) is 20.2. The van der Waals surface area contributed by atoms with Crippen molar-refractivity contribution < 1.29 is 29.3 Å². The predicted molar refractivity (Wildman–Crippen MR) is 88.5 cm³/mol. The number of rotatable bonds is 1. The van der Waals surface area contributed by atoms with Crippen LogP contribution in [0.3, 0.4) is 0 Å². The van der Waals surface area contributed by atoms with Crippen molar-refractivity contribution in [1.82, 2.24) is 4.90 Å². The van der Waals surface area contributed by atoms with Gasteiger partial charge in [-0.25, -0.2) is 9.59 Å². The molecule has 7 heteroatoms. The zero-order valence-electron chi connectivity index (χ0n) is 14.6. The molecule has 2 N–H and O–H groups in total. The monoisotopic (exact) mass is 351 g/mol. The fourth-order valence-corrected chi connectivity index (χ4v) is 3.83. The maximum Gasteiger partial charge on any atom is 0.338 e. The van der Waals surface area contributed by atoms with E-state index in [1.165, 1.54) is 6.92 Å². The van der Waals surface area contributed by atoms with Crippen LogP contribution in [0.25, 0.3) is 0 Å². The fraction of sp³-hybridized carbons (Fsp3) is 0.667. The lowest BCUT2D eigenvalue weighted by Gasteiger charge is -2.32. The number of allylic oxidation sites excluding steroid dienone is 1. The van der Waals surface area contributed by atoms with E-state index in [0.29, 0.717) is 5.57 Å². The van der Waals surface area contributed by atoms with Crippen LogP contribution in [0.1, 0.15) is 26.7 Å². The molecule has 0 bridgehead atoms. The van der Waals surface area contributed by atoms with Crippen LogP contribution in [-0.2, 0) is 19.1 Å². The second-order valence-corrected chi connectivity index (χ2v) is 7.07. The molecule has 3 aliphatic rings. The lowest BCUT2D eigenvalue weighted by atomic mass is 9.84. The van der Waals surface area contributed by atoms with E-state index in [-0.39, 0.29) is 25.2 Å². The molecule has 0 aromatic rings. The summed E-state index contributed by atoms with van der Waals surface area (Å²) in [7, 11) is 0. The largest absolute Gasteiger partial charge is 0.459 e. The Balaban J connectivity index is 1.92. The standard InChI is InChI=1S/C18H25NO6/c1-3-11-8-13(9-20)18(2,23)17(22)24-10-12-4-6-19-7-5-14(15(12)19)25-16(11)21/h3-4,13-15,20,23H,5-10H2,1-2H3/b11-3-/t13-,14+,15-,18-/m0/s1. The molecule has 3 rings (SSSR count). The van der Waals surface area contributed by atoms with Crippen molar-refractivity contribution in [3.8, 4) is 0 Å². The molecule has 0 aromatic heterocycles. The van der Waals surface area contributed by atoms with E-state index in [4.69, 9.17) is 9.47 Å². The number of carbonyl (C=O) groups is 2. The van der Waals surface area contributed by atoms with Crippen molar-refractivity contribution >= 4 is 11.9 Å². The Labute approximate surface area is 146 Å². The number of cyclic esters (lactones) is 1. The van der Waals surface area contributed by atoms with Crippen molar-refractivity contribution in [2.24, 2.45) is 5.92 Å². The molecule has 25 heavy (non-hydrogen) atoms. The lowest BCUT2D eigenvalue weighted by Crippen LogP contribution is -2.47.